The zero-order valence-corrected chi connectivity index (χ0v) is 11.8. The quantitative estimate of drug-likeness (QED) is 0.595. The summed E-state index contributed by atoms with van der Waals surface area (Å²) < 4.78 is 8.45. The van der Waals surface area contributed by atoms with Gasteiger partial charge < -0.3 is 19.5 Å². The number of nitrogens with one attached hydrogen (secondary N) is 1. The molecule has 0 saturated carbocycles. The summed E-state index contributed by atoms with van der Waals surface area (Å²) in [6.45, 7) is 2.47. The molecule has 0 unspecified atom stereocenters. The van der Waals surface area contributed by atoms with Gasteiger partial charge in [0.25, 0.3) is 0 Å². The third-order valence-electron chi connectivity index (χ3n) is 3.25. The number of aryl methyl sites for hydroxylation is 1. The van der Waals surface area contributed by atoms with E-state index in [1.807, 2.05) is 25.1 Å². The Bertz CT molecular complexity index is 650. The maximum absolute atomic E-state index is 9.73. The van der Waals surface area contributed by atoms with Crippen LogP contribution in [0, 0.1) is 6.92 Å². The van der Waals surface area contributed by atoms with Crippen LogP contribution in [0.15, 0.2) is 41.3 Å². The van der Waals surface area contributed by atoms with Crippen LogP contribution in [0.3, 0.4) is 0 Å². The molecule has 0 saturated heterocycles. The third-order valence-corrected chi connectivity index (χ3v) is 4.06. The highest BCUT2D eigenvalue weighted by atomic mass is 32.2. The van der Waals surface area contributed by atoms with Crippen molar-refractivity contribution in [2.24, 2.45) is 0 Å². The second-order valence-corrected chi connectivity index (χ2v) is 5.61. The van der Waals surface area contributed by atoms with Crippen LogP contribution in [0.1, 0.15) is 11.1 Å². The summed E-state index contributed by atoms with van der Waals surface area (Å²) in [5, 5.41) is 19.2. The Morgan fingerprint density at radius 3 is 2.95 bits per heavy atom. The molecular weight excluding hydrogens is 273 g/mol. The van der Waals surface area contributed by atoms with Crippen LogP contribution < -0.4 is 10.2 Å². The van der Waals surface area contributed by atoms with Gasteiger partial charge in [-0.1, -0.05) is 12.1 Å². The summed E-state index contributed by atoms with van der Waals surface area (Å²) in [7, 11) is -0.836. The van der Waals surface area contributed by atoms with Gasteiger partial charge in [-0.3, -0.25) is 0 Å². The van der Waals surface area contributed by atoms with Crippen LogP contribution in [0.25, 0.3) is 0 Å². The van der Waals surface area contributed by atoms with Gasteiger partial charge >= 0.3 is 7.12 Å². The van der Waals surface area contributed by atoms with Gasteiger partial charge in [0.05, 0.1) is 6.61 Å². The molecule has 0 amide bonds. The fourth-order valence-electron chi connectivity index (χ4n) is 2.17. The van der Waals surface area contributed by atoms with Crippen molar-refractivity contribution in [1.29, 1.82) is 0 Å². The average molecular weight is 287 g/mol. The maximum atomic E-state index is 9.73. The Balaban J connectivity index is 1.79. The Morgan fingerprint density at radius 1 is 1.30 bits per heavy atom. The van der Waals surface area contributed by atoms with Crippen LogP contribution >= 0.6 is 11.9 Å². The lowest BCUT2D eigenvalue weighted by atomic mass is 9.79. The standard InChI is InChI=1S/C14H14BNO3S/c1-9-5-10-8-19-15(18)13(10)7-14(9)16-20-12-4-2-3-11(17)6-12/h2-7,16-18H,8H2,1H3. The van der Waals surface area contributed by atoms with Gasteiger partial charge in [-0.05, 0) is 59.7 Å². The number of anilines is 1. The van der Waals surface area contributed by atoms with Gasteiger partial charge in [0.2, 0.25) is 0 Å². The first-order valence-corrected chi connectivity index (χ1v) is 7.10. The highest BCUT2D eigenvalue weighted by molar-refractivity contribution is 8.00. The van der Waals surface area contributed by atoms with Crippen molar-refractivity contribution in [3.63, 3.8) is 0 Å². The van der Waals surface area contributed by atoms with Crippen LogP contribution in [-0.4, -0.2) is 17.2 Å². The van der Waals surface area contributed by atoms with E-state index in [1.54, 1.807) is 18.2 Å². The number of rotatable bonds is 3. The van der Waals surface area contributed by atoms with Crippen LogP contribution in [0.2, 0.25) is 0 Å². The van der Waals surface area contributed by atoms with Gasteiger partial charge in [-0.15, -0.1) is 0 Å². The van der Waals surface area contributed by atoms with E-state index in [0.29, 0.717) is 6.61 Å². The molecule has 1 aliphatic heterocycles. The van der Waals surface area contributed by atoms with Crippen molar-refractivity contribution in [2.45, 2.75) is 18.4 Å². The summed E-state index contributed by atoms with van der Waals surface area (Å²) in [4.78, 5) is 0.918. The number of fused-ring (bicyclic) bond motifs is 1. The molecule has 0 fully saturated rings. The molecule has 0 aliphatic carbocycles. The number of aromatic hydroxyl groups is 1. The van der Waals surface area contributed by atoms with Crippen molar-refractivity contribution >= 4 is 30.2 Å². The molecule has 2 aromatic carbocycles. The van der Waals surface area contributed by atoms with Gasteiger partial charge in [0.1, 0.15) is 5.75 Å². The fraction of sp³-hybridized carbons (Fsp3) is 0.143. The number of phenols is 1. The molecule has 3 N–H and O–H groups in total. The van der Waals surface area contributed by atoms with Gasteiger partial charge in [-0.2, -0.15) is 0 Å². The molecule has 1 aliphatic rings. The van der Waals surface area contributed by atoms with Gasteiger partial charge in [-0.25, -0.2) is 0 Å². The molecule has 0 aromatic heterocycles. The lowest BCUT2D eigenvalue weighted by molar-refractivity contribution is 0.275. The first-order chi connectivity index (χ1) is 9.63. The van der Waals surface area contributed by atoms with E-state index in [9.17, 15) is 10.1 Å². The minimum absolute atomic E-state index is 0.242. The Labute approximate surface area is 122 Å². The normalized spacial score (nSPS) is 13.4. The summed E-state index contributed by atoms with van der Waals surface area (Å²) in [5.41, 5.74) is 3.87. The van der Waals surface area contributed by atoms with Crippen molar-refractivity contribution < 1.29 is 14.8 Å². The highest BCUT2D eigenvalue weighted by Gasteiger charge is 2.28. The van der Waals surface area contributed by atoms with E-state index in [2.05, 4.69) is 4.72 Å². The summed E-state index contributed by atoms with van der Waals surface area (Å²) in [6, 6.07) is 11.0. The van der Waals surface area contributed by atoms with Gasteiger partial charge in [0.15, 0.2) is 0 Å². The van der Waals surface area contributed by atoms with E-state index >= 15 is 0 Å². The zero-order chi connectivity index (χ0) is 14.1. The fourth-order valence-corrected chi connectivity index (χ4v) is 2.94. The third kappa shape index (κ3) is 2.63. The van der Waals surface area contributed by atoms with Crippen LogP contribution in [-0.2, 0) is 11.3 Å². The van der Waals surface area contributed by atoms with Crippen molar-refractivity contribution in [3.05, 3.63) is 47.5 Å². The molecule has 0 spiro atoms. The maximum Gasteiger partial charge on any atom is 0.491 e. The minimum Gasteiger partial charge on any atom is -0.508 e. The van der Waals surface area contributed by atoms with Gasteiger partial charge in [0, 0.05) is 10.6 Å². The molecule has 4 nitrogen and oxygen atoms in total. The number of phenolic OH excluding ortho intramolecular Hbond substituents is 1. The van der Waals surface area contributed by atoms with E-state index < -0.39 is 7.12 Å². The predicted molar refractivity (Wildman–Crippen MR) is 81.2 cm³/mol. The zero-order valence-electron chi connectivity index (χ0n) is 11.0. The molecule has 20 heavy (non-hydrogen) atoms. The van der Waals surface area contributed by atoms with E-state index in [4.69, 9.17) is 4.65 Å². The monoisotopic (exact) mass is 287 g/mol. The highest BCUT2D eigenvalue weighted by Crippen LogP contribution is 2.27. The van der Waals surface area contributed by atoms with Crippen molar-refractivity contribution in [2.75, 3.05) is 4.72 Å². The molecule has 1 heterocycles. The van der Waals surface area contributed by atoms with E-state index in [0.717, 1.165) is 27.2 Å². The second-order valence-electron chi connectivity index (χ2n) is 4.73. The topological polar surface area (TPSA) is 61.7 Å². The van der Waals surface area contributed by atoms with E-state index in [1.165, 1.54) is 11.9 Å². The van der Waals surface area contributed by atoms with E-state index in [-0.39, 0.29) is 5.75 Å². The Morgan fingerprint density at radius 2 is 2.15 bits per heavy atom. The average Bonchev–Trinajstić information content (AvgIpc) is 2.77. The molecule has 102 valence electrons. The van der Waals surface area contributed by atoms with Crippen molar-refractivity contribution in [1.82, 2.24) is 0 Å². The first-order valence-electron chi connectivity index (χ1n) is 6.28. The molecule has 0 atom stereocenters. The minimum atomic E-state index is -0.836. The summed E-state index contributed by atoms with van der Waals surface area (Å²) in [5.74, 6) is 0.242. The van der Waals surface area contributed by atoms with Crippen LogP contribution in [0.5, 0.6) is 5.75 Å². The predicted octanol–water partition coefficient (Wildman–Crippen LogP) is 2.04. The molecular formula is C14H14BNO3S. The molecule has 6 heteroatoms. The second kappa shape index (κ2) is 5.40. The molecule has 0 bridgehead atoms. The lowest BCUT2D eigenvalue weighted by Gasteiger charge is -2.11. The number of hydrogen-bond acceptors (Lipinski definition) is 5. The molecule has 0 radical (unpaired) electrons. The first kappa shape index (κ1) is 13.4. The molecule has 3 rings (SSSR count). The van der Waals surface area contributed by atoms with Crippen molar-refractivity contribution in [3.8, 4) is 5.75 Å². The molecule has 2 aromatic rings. The summed E-state index contributed by atoms with van der Waals surface area (Å²) in [6.07, 6.45) is 0. The summed E-state index contributed by atoms with van der Waals surface area (Å²) >= 11 is 1.42. The smallest absolute Gasteiger partial charge is 0.491 e. The largest absolute Gasteiger partial charge is 0.508 e. The SMILES string of the molecule is Cc1cc2c(cc1NSc1cccc(O)c1)B(O)OC2. The lowest BCUT2D eigenvalue weighted by Crippen LogP contribution is -2.28. The number of benzene rings is 2. The number of hydrogen-bond donors (Lipinski definition) is 3. The Kier molecular flexibility index (Phi) is 3.61. The van der Waals surface area contributed by atoms with Crippen LogP contribution in [0.4, 0.5) is 5.69 Å². The Hall–Kier alpha value is -1.63.